The van der Waals surface area contributed by atoms with E-state index in [-0.39, 0.29) is 12.5 Å². The van der Waals surface area contributed by atoms with Gasteiger partial charge in [0.2, 0.25) is 5.78 Å². The minimum absolute atomic E-state index is 0.253. The summed E-state index contributed by atoms with van der Waals surface area (Å²) in [6.45, 7) is 1.91. The second-order valence-corrected chi connectivity index (χ2v) is 7.91. The molecule has 33 heavy (non-hydrogen) atoms. The lowest BCUT2D eigenvalue weighted by molar-refractivity contribution is -0.137. The van der Waals surface area contributed by atoms with Crippen molar-refractivity contribution in [2.24, 2.45) is 0 Å². The molecule has 1 N–H and O–H groups in total. The van der Waals surface area contributed by atoms with E-state index < -0.39 is 11.7 Å². The molecule has 10 heteroatoms. The molecule has 4 aromatic rings. The molecule has 0 radical (unpaired) electrons. The minimum Gasteiger partial charge on any atom is -0.346 e. The maximum atomic E-state index is 12.7. The highest BCUT2D eigenvalue weighted by molar-refractivity contribution is 5.94. The van der Waals surface area contributed by atoms with Crippen molar-refractivity contribution in [2.75, 3.05) is 0 Å². The zero-order chi connectivity index (χ0) is 23.0. The summed E-state index contributed by atoms with van der Waals surface area (Å²) in [5.74, 6) is 0.311. The summed E-state index contributed by atoms with van der Waals surface area (Å²) in [6, 6.07) is 8.79. The molecule has 0 aliphatic carbocycles. The summed E-state index contributed by atoms with van der Waals surface area (Å²) in [5.41, 5.74) is 3.08. The Labute approximate surface area is 186 Å². The standard InChI is InChI=1S/C23H19F3N6O/c24-23(25,26)18-4-2-15(3-5-18)11-31-12-17-8-16(9-28-20(17)14-31)21(33)29-10-19-13-32-7-1-6-27-22(32)30-19/h1-9,13H,10-12,14H2,(H,29,33). The smallest absolute Gasteiger partial charge is 0.346 e. The average Bonchev–Trinajstić information content (AvgIpc) is 3.39. The Morgan fingerprint density at radius 3 is 2.70 bits per heavy atom. The molecule has 7 nitrogen and oxygen atoms in total. The van der Waals surface area contributed by atoms with Crippen molar-refractivity contribution in [1.82, 2.24) is 29.6 Å². The van der Waals surface area contributed by atoms with Gasteiger partial charge in [0.15, 0.2) is 0 Å². The number of imidazole rings is 1. The predicted molar refractivity (Wildman–Crippen MR) is 113 cm³/mol. The molecule has 0 saturated heterocycles. The quantitative estimate of drug-likeness (QED) is 0.501. The Morgan fingerprint density at radius 1 is 1.12 bits per heavy atom. The van der Waals surface area contributed by atoms with Crippen LogP contribution >= 0.6 is 0 Å². The largest absolute Gasteiger partial charge is 0.416 e. The average molecular weight is 452 g/mol. The first kappa shape index (κ1) is 21.1. The van der Waals surface area contributed by atoms with Gasteiger partial charge in [-0.1, -0.05) is 12.1 Å². The molecule has 1 aliphatic rings. The fourth-order valence-electron chi connectivity index (χ4n) is 3.86. The fourth-order valence-corrected chi connectivity index (χ4v) is 3.86. The van der Waals surface area contributed by atoms with E-state index in [4.69, 9.17) is 0 Å². The monoisotopic (exact) mass is 452 g/mol. The van der Waals surface area contributed by atoms with Gasteiger partial charge in [-0.25, -0.2) is 9.97 Å². The molecule has 168 valence electrons. The van der Waals surface area contributed by atoms with Crippen LogP contribution in [0.25, 0.3) is 5.78 Å². The van der Waals surface area contributed by atoms with Gasteiger partial charge in [-0.05, 0) is 35.4 Å². The van der Waals surface area contributed by atoms with Crippen LogP contribution in [-0.2, 0) is 32.4 Å². The number of hydrogen-bond acceptors (Lipinski definition) is 5. The van der Waals surface area contributed by atoms with Gasteiger partial charge < -0.3 is 5.32 Å². The van der Waals surface area contributed by atoms with E-state index in [9.17, 15) is 18.0 Å². The van der Waals surface area contributed by atoms with Crippen molar-refractivity contribution in [1.29, 1.82) is 0 Å². The number of nitrogens with one attached hydrogen (secondary N) is 1. The number of nitrogens with zero attached hydrogens (tertiary/aromatic N) is 5. The molecular formula is C23H19F3N6O. The van der Waals surface area contributed by atoms with E-state index in [1.165, 1.54) is 12.1 Å². The number of amides is 1. The molecule has 0 fully saturated rings. The van der Waals surface area contributed by atoms with Crippen LogP contribution in [0.1, 0.15) is 38.4 Å². The summed E-state index contributed by atoms with van der Waals surface area (Å²) < 4.78 is 40.0. The molecule has 0 saturated carbocycles. The first-order valence-electron chi connectivity index (χ1n) is 10.3. The van der Waals surface area contributed by atoms with Crippen molar-refractivity contribution < 1.29 is 18.0 Å². The number of pyridine rings is 1. The summed E-state index contributed by atoms with van der Waals surface area (Å²) in [7, 11) is 0. The van der Waals surface area contributed by atoms with Crippen molar-refractivity contribution in [3.05, 3.63) is 94.8 Å². The number of fused-ring (bicyclic) bond motifs is 2. The second-order valence-electron chi connectivity index (χ2n) is 7.91. The van der Waals surface area contributed by atoms with Crippen LogP contribution in [0.2, 0.25) is 0 Å². The summed E-state index contributed by atoms with van der Waals surface area (Å²) in [6.07, 6.45) is 2.50. The molecule has 1 aliphatic heterocycles. The van der Waals surface area contributed by atoms with Crippen LogP contribution in [0, 0.1) is 0 Å². The van der Waals surface area contributed by atoms with Gasteiger partial charge in [0.25, 0.3) is 5.91 Å². The molecule has 5 rings (SSSR count). The Hall–Kier alpha value is -3.79. The molecule has 1 amide bonds. The number of aromatic nitrogens is 4. The van der Waals surface area contributed by atoms with Crippen molar-refractivity contribution >= 4 is 11.7 Å². The fraction of sp³-hybridized carbons (Fsp3) is 0.217. The first-order valence-corrected chi connectivity index (χ1v) is 10.3. The molecule has 1 aromatic carbocycles. The third-order valence-corrected chi connectivity index (χ3v) is 5.49. The summed E-state index contributed by atoms with van der Waals surface area (Å²) in [5, 5.41) is 2.85. The number of carbonyl (C=O) groups excluding carboxylic acids is 1. The Bertz CT molecular complexity index is 1280. The van der Waals surface area contributed by atoms with E-state index in [0.29, 0.717) is 36.7 Å². The van der Waals surface area contributed by atoms with Gasteiger partial charge in [0.05, 0.1) is 29.1 Å². The van der Waals surface area contributed by atoms with Crippen LogP contribution in [0.3, 0.4) is 0 Å². The van der Waals surface area contributed by atoms with Crippen molar-refractivity contribution in [3.63, 3.8) is 0 Å². The van der Waals surface area contributed by atoms with Crippen LogP contribution in [-0.4, -0.2) is 30.2 Å². The number of halogens is 3. The lowest BCUT2D eigenvalue weighted by atomic mass is 10.1. The zero-order valence-corrected chi connectivity index (χ0v) is 17.4. The van der Waals surface area contributed by atoms with E-state index in [1.54, 1.807) is 22.9 Å². The summed E-state index contributed by atoms with van der Waals surface area (Å²) >= 11 is 0. The van der Waals surface area contributed by atoms with E-state index in [2.05, 4.69) is 25.2 Å². The molecule has 0 atom stereocenters. The third-order valence-electron chi connectivity index (χ3n) is 5.49. The highest BCUT2D eigenvalue weighted by Crippen LogP contribution is 2.30. The Morgan fingerprint density at radius 2 is 1.94 bits per heavy atom. The van der Waals surface area contributed by atoms with Gasteiger partial charge >= 0.3 is 6.18 Å². The lowest BCUT2D eigenvalue weighted by Gasteiger charge is -2.15. The number of alkyl halides is 3. The van der Waals surface area contributed by atoms with Gasteiger partial charge in [-0.2, -0.15) is 13.2 Å². The van der Waals surface area contributed by atoms with Gasteiger partial charge in [-0.3, -0.25) is 19.1 Å². The first-order chi connectivity index (χ1) is 15.8. The summed E-state index contributed by atoms with van der Waals surface area (Å²) in [4.78, 5) is 27.6. The molecular weight excluding hydrogens is 433 g/mol. The van der Waals surface area contributed by atoms with Crippen molar-refractivity contribution in [3.8, 4) is 0 Å². The van der Waals surface area contributed by atoms with Gasteiger partial charge in [-0.15, -0.1) is 0 Å². The number of rotatable bonds is 5. The molecule has 0 unspecified atom stereocenters. The molecule has 0 bridgehead atoms. The van der Waals surface area contributed by atoms with Crippen LogP contribution in [0.15, 0.2) is 61.2 Å². The highest BCUT2D eigenvalue weighted by Gasteiger charge is 2.30. The van der Waals surface area contributed by atoms with Crippen molar-refractivity contribution in [2.45, 2.75) is 32.4 Å². The second kappa shape index (κ2) is 8.28. The van der Waals surface area contributed by atoms with E-state index in [1.807, 2.05) is 18.5 Å². The maximum absolute atomic E-state index is 12.7. The molecule has 0 spiro atoms. The lowest BCUT2D eigenvalue weighted by Crippen LogP contribution is -2.23. The molecule has 4 heterocycles. The zero-order valence-electron chi connectivity index (χ0n) is 17.4. The van der Waals surface area contributed by atoms with E-state index >= 15 is 0 Å². The highest BCUT2D eigenvalue weighted by atomic mass is 19.4. The SMILES string of the molecule is O=C(NCc1cn2cccnc2n1)c1cnc2c(c1)CN(Cc1ccc(C(F)(F)F)cc1)C2. The van der Waals surface area contributed by atoms with Crippen LogP contribution < -0.4 is 5.32 Å². The Kier molecular flexibility index (Phi) is 5.29. The van der Waals surface area contributed by atoms with Crippen LogP contribution in [0.5, 0.6) is 0 Å². The Balaban J connectivity index is 1.20. The maximum Gasteiger partial charge on any atom is 0.416 e. The number of benzene rings is 1. The van der Waals surface area contributed by atoms with Gasteiger partial charge in [0, 0.05) is 44.4 Å². The normalized spacial score (nSPS) is 13.9. The van der Waals surface area contributed by atoms with Crippen LogP contribution in [0.4, 0.5) is 13.2 Å². The third kappa shape index (κ3) is 4.56. The predicted octanol–water partition coefficient (Wildman–Crippen LogP) is 3.59. The number of hydrogen-bond donors (Lipinski definition) is 1. The van der Waals surface area contributed by atoms with Gasteiger partial charge in [0.1, 0.15) is 0 Å². The van der Waals surface area contributed by atoms with E-state index in [0.717, 1.165) is 29.0 Å². The topological polar surface area (TPSA) is 75.4 Å². The number of carbonyl (C=O) groups is 1. The molecule has 3 aromatic heterocycles. The minimum atomic E-state index is -4.34.